The fourth-order valence-electron chi connectivity index (χ4n) is 1.99. The molecule has 0 atom stereocenters. The highest BCUT2D eigenvalue weighted by atomic mass is 79.9. The van der Waals surface area contributed by atoms with Gasteiger partial charge in [-0.25, -0.2) is 0 Å². The van der Waals surface area contributed by atoms with Crippen LogP contribution in [0.5, 0.6) is 11.5 Å². The first-order valence-corrected chi connectivity index (χ1v) is 8.29. The van der Waals surface area contributed by atoms with Crippen molar-refractivity contribution in [3.05, 3.63) is 59.7 Å². The van der Waals surface area contributed by atoms with Gasteiger partial charge in [-0.2, -0.15) is 0 Å². The molecule has 2 aromatic carbocycles. The molecule has 0 amide bonds. The SMILES string of the molecule is CC(C)Oc1cc(OCc2ccccc2)ccc1C(=O)CBr. The molecule has 0 fully saturated rings. The Morgan fingerprint density at radius 1 is 1.14 bits per heavy atom. The predicted octanol–water partition coefficient (Wildman–Crippen LogP) is 4.63. The number of carbonyl (C=O) groups excluding carboxylic acids is 1. The fourth-order valence-corrected chi connectivity index (χ4v) is 2.29. The van der Waals surface area contributed by atoms with Gasteiger partial charge >= 0.3 is 0 Å². The first-order valence-electron chi connectivity index (χ1n) is 7.16. The molecule has 0 saturated carbocycles. The molecule has 0 aliphatic carbocycles. The van der Waals surface area contributed by atoms with Crippen LogP contribution < -0.4 is 9.47 Å². The largest absolute Gasteiger partial charge is 0.490 e. The van der Waals surface area contributed by atoms with Crippen LogP contribution in [0.15, 0.2) is 48.5 Å². The van der Waals surface area contributed by atoms with Gasteiger partial charge in [0.15, 0.2) is 5.78 Å². The van der Waals surface area contributed by atoms with Crippen molar-refractivity contribution in [2.24, 2.45) is 0 Å². The van der Waals surface area contributed by atoms with Crippen LogP contribution in [0.2, 0.25) is 0 Å². The number of hydrogen-bond acceptors (Lipinski definition) is 3. The van der Waals surface area contributed by atoms with Crippen LogP contribution in [0.4, 0.5) is 0 Å². The van der Waals surface area contributed by atoms with Gasteiger partial charge in [0, 0.05) is 6.07 Å². The standard InChI is InChI=1S/C18H19BrO3/c1-13(2)22-18-10-15(8-9-16(18)17(20)11-19)21-12-14-6-4-3-5-7-14/h3-10,13H,11-12H2,1-2H3. The zero-order chi connectivity index (χ0) is 15.9. The summed E-state index contributed by atoms with van der Waals surface area (Å²) in [5.74, 6) is 1.24. The normalized spacial score (nSPS) is 10.5. The summed E-state index contributed by atoms with van der Waals surface area (Å²) in [4.78, 5) is 11.9. The lowest BCUT2D eigenvalue weighted by Crippen LogP contribution is -2.11. The number of ketones is 1. The number of Topliss-reactive ketones (excluding diaryl/α,β-unsaturated/α-hetero) is 1. The predicted molar refractivity (Wildman–Crippen MR) is 91.1 cm³/mol. The van der Waals surface area contributed by atoms with Crippen LogP contribution in [0.3, 0.4) is 0 Å². The molecule has 0 bridgehead atoms. The maximum absolute atomic E-state index is 11.9. The van der Waals surface area contributed by atoms with Gasteiger partial charge < -0.3 is 9.47 Å². The molecule has 0 unspecified atom stereocenters. The van der Waals surface area contributed by atoms with Crippen molar-refractivity contribution in [3.63, 3.8) is 0 Å². The average molecular weight is 363 g/mol. The summed E-state index contributed by atoms with van der Waals surface area (Å²) < 4.78 is 11.5. The highest BCUT2D eigenvalue weighted by Gasteiger charge is 2.14. The van der Waals surface area contributed by atoms with Crippen LogP contribution in [0, 0.1) is 0 Å². The van der Waals surface area contributed by atoms with E-state index in [4.69, 9.17) is 9.47 Å². The molecule has 0 aliphatic heterocycles. The summed E-state index contributed by atoms with van der Waals surface area (Å²) in [5, 5.41) is 0.270. The summed E-state index contributed by atoms with van der Waals surface area (Å²) >= 11 is 3.20. The Labute approximate surface area is 139 Å². The summed E-state index contributed by atoms with van der Waals surface area (Å²) in [6.45, 7) is 4.34. The molecule has 2 rings (SSSR count). The average Bonchev–Trinajstić information content (AvgIpc) is 2.53. The maximum Gasteiger partial charge on any atom is 0.177 e. The second kappa shape index (κ2) is 7.99. The van der Waals surface area contributed by atoms with Gasteiger partial charge in [0.2, 0.25) is 0 Å². The van der Waals surface area contributed by atoms with Gasteiger partial charge in [-0.3, -0.25) is 4.79 Å². The molecule has 4 heteroatoms. The number of benzene rings is 2. The summed E-state index contributed by atoms with van der Waals surface area (Å²) in [6.07, 6.45) is -0.00810. The molecule has 0 aromatic heterocycles. The maximum atomic E-state index is 11.9. The lowest BCUT2D eigenvalue weighted by Gasteiger charge is -2.15. The first-order chi connectivity index (χ1) is 10.6. The molecule has 0 saturated heterocycles. The van der Waals surface area contributed by atoms with E-state index in [0.717, 1.165) is 5.56 Å². The Kier molecular flexibility index (Phi) is 6.01. The summed E-state index contributed by atoms with van der Waals surface area (Å²) in [6, 6.07) is 15.3. The molecule has 3 nitrogen and oxygen atoms in total. The van der Waals surface area contributed by atoms with E-state index in [-0.39, 0.29) is 17.2 Å². The number of halogens is 1. The second-order valence-corrected chi connectivity index (χ2v) is 5.72. The second-order valence-electron chi connectivity index (χ2n) is 5.16. The topological polar surface area (TPSA) is 35.5 Å². The number of ether oxygens (including phenoxy) is 2. The summed E-state index contributed by atoms with van der Waals surface area (Å²) in [7, 11) is 0. The molecule has 22 heavy (non-hydrogen) atoms. The van der Waals surface area contributed by atoms with Gasteiger partial charge in [0.25, 0.3) is 0 Å². The van der Waals surface area contributed by atoms with Gasteiger partial charge in [0.05, 0.1) is 17.0 Å². The van der Waals surface area contributed by atoms with E-state index in [9.17, 15) is 4.79 Å². The summed E-state index contributed by atoms with van der Waals surface area (Å²) in [5.41, 5.74) is 1.66. The molecular formula is C18H19BrO3. The molecule has 0 N–H and O–H groups in total. The van der Waals surface area contributed by atoms with Crippen molar-refractivity contribution in [2.75, 3.05) is 5.33 Å². The van der Waals surface area contributed by atoms with Crippen LogP contribution >= 0.6 is 15.9 Å². The minimum absolute atomic E-state index is 0.00810. The zero-order valence-corrected chi connectivity index (χ0v) is 14.3. The van der Waals surface area contributed by atoms with Crippen molar-refractivity contribution >= 4 is 21.7 Å². The Morgan fingerprint density at radius 3 is 2.50 bits per heavy atom. The molecular weight excluding hydrogens is 344 g/mol. The minimum atomic E-state index is -0.00902. The lowest BCUT2D eigenvalue weighted by atomic mass is 10.1. The van der Waals surface area contributed by atoms with E-state index in [1.165, 1.54) is 0 Å². The zero-order valence-electron chi connectivity index (χ0n) is 12.7. The van der Waals surface area contributed by atoms with Crippen molar-refractivity contribution in [1.29, 1.82) is 0 Å². The van der Waals surface area contributed by atoms with Gasteiger partial charge in [-0.05, 0) is 31.5 Å². The smallest absolute Gasteiger partial charge is 0.177 e. The van der Waals surface area contributed by atoms with Crippen LogP contribution in [0.1, 0.15) is 29.8 Å². The Bertz CT molecular complexity index is 623. The van der Waals surface area contributed by atoms with E-state index >= 15 is 0 Å². The van der Waals surface area contributed by atoms with E-state index in [1.807, 2.05) is 44.2 Å². The minimum Gasteiger partial charge on any atom is -0.490 e. The van der Waals surface area contributed by atoms with E-state index < -0.39 is 0 Å². The van der Waals surface area contributed by atoms with E-state index in [1.54, 1.807) is 18.2 Å². The third-order valence-corrected chi connectivity index (χ3v) is 3.50. The quantitative estimate of drug-likeness (QED) is 0.532. The van der Waals surface area contributed by atoms with Crippen LogP contribution in [-0.4, -0.2) is 17.2 Å². The van der Waals surface area contributed by atoms with Crippen molar-refractivity contribution in [2.45, 2.75) is 26.6 Å². The van der Waals surface area contributed by atoms with Crippen LogP contribution in [-0.2, 0) is 6.61 Å². The molecule has 0 aliphatic rings. The van der Waals surface area contributed by atoms with Gasteiger partial charge in [-0.1, -0.05) is 46.3 Å². The third-order valence-electron chi connectivity index (χ3n) is 2.99. The molecule has 116 valence electrons. The third kappa shape index (κ3) is 4.60. The highest BCUT2D eigenvalue weighted by Crippen LogP contribution is 2.27. The number of carbonyl (C=O) groups is 1. The van der Waals surface area contributed by atoms with Gasteiger partial charge in [0.1, 0.15) is 18.1 Å². The van der Waals surface area contributed by atoms with Crippen molar-refractivity contribution < 1.29 is 14.3 Å². The number of hydrogen-bond donors (Lipinski definition) is 0. The van der Waals surface area contributed by atoms with Gasteiger partial charge in [-0.15, -0.1) is 0 Å². The van der Waals surface area contributed by atoms with E-state index in [0.29, 0.717) is 23.7 Å². The number of rotatable bonds is 7. The molecule has 2 aromatic rings. The Balaban J connectivity index is 2.17. The molecule has 0 radical (unpaired) electrons. The highest BCUT2D eigenvalue weighted by molar-refractivity contribution is 9.09. The van der Waals surface area contributed by atoms with E-state index in [2.05, 4.69) is 15.9 Å². The van der Waals surface area contributed by atoms with Crippen LogP contribution in [0.25, 0.3) is 0 Å². The Morgan fingerprint density at radius 2 is 1.86 bits per heavy atom. The molecule has 0 heterocycles. The van der Waals surface area contributed by atoms with Crippen molar-refractivity contribution in [1.82, 2.24) is 0 Å². The fraction of sp³-hybridized carbons (Fsp3) is 0.278. The van der Waals surface area contributed by atoms with Crippen molar-refractivity contribution in [3.8, 4) is 11.5 Å². The Hall–Kier alpha value is -1.81. The lowest BCUT2D eigenvalue weighted by molar-refractivity contribution is 0.101. The monoisotopic (exact) mass is 362 g/mol. The molecule has 0 spiro atoms. The first kappa shape index (κ1) is 16.6. The number of alkyl halides is 1.